The molecule has 0 aromatic heterocycles. The van der Waals surface area contributed by atoms with Gasteiger partial charge in [0.15, 0.2) is 0 Å². The van der Waals surface area contributed by atoms with E-state index in [0.717, 1.165) is 36.0 Å². The first-order chi connectivity index (χ1) is 15.5. The van der Waals surface area contributed by atoms with E-state index in [0.29, 0.717) is 25.8 Å². The largest absolute Gasteiger partial charge is 0.352 e. The molecule has 2 amide bonds. The normalized spacial score (nSPS) is 14.8. The third-order valence-electron chi connectivity index (χ3n) is 6.75. The van der Waals surface area contributed by atoms with Crippen LogP contribution in [0.5, 0.6) is 0 Å². The smallest absolute Gasteiger partial charge is 0.243 e. The predicted molar refractivity (Wildman–Crippen MR) is 130 cm³/mol. The van der Waals surface area contributed by atoms with Gasteiger partial charge in [-0.3, -0.25) is 9.59 Å². The summed E-state index contributed by atoms with van der Waals surface area (Å²) in [6, 6.07) is 16.4. The summed E-state index contributed by atoms with van der Waals surface area (Å²) in [4.78, 5) is 28.4. The second-order valence-electron chi connectivity index (χ2n) is 9.03. The molecule has 1 atom stereocenters. The second-order valence-corrected chi connectivity index (χ2v) is 9.03. The third kappa shape index (κ3) is 6.44. The first kappa shape index (κ1) is 24.0. The lowest BCUT2D eigenvalue weighted by Crippen LogP contribution is -2.51. The molecule has 1 unspecified atom stereocenters. The Hall–Kier alpha value is -2.62. The van der Waals surface area contributed by atoms with Gasteiger partial charge >= 0.3 is 0 Å². The lowest BCUT2D eigenvalue weighted by atomic mass is 10.0. The van der Waals surface area contributed by atoms with E-state index in [9.17, 15) is 9.59 Å². The summed E-state index contributed by atoms with van der Waals surface area (Å²) in [6.45, 7) is 6.67. The highest BCUT2D eigenvalue weighted by Gasteiger charge is 2.30. The number of hydrogen-bond donors (Lipinski definition) is 1. The van der Waals surface area contributed by atoms with Gasteiger partial charge in [-0.25, -0.2) is 0 Å². The number of rotatable bonds is 10. The summed E-state index contributed by atoms with van der Waals surface area (Å²) in [5, 5.41) is 3.22. The fourth-order valence-corrected chi connectivity index (χ4v) is 4.59. The van der Waals surface area contributed by atoms with E-state index in [2.05, 4.69) is 55.6 Å². The van der Waals surface area contributed by atoms with Gasteiger partial charge in [0, 0.05) is 19.0 Å². The van der Waals surface area contributed by atoms with E-state index in [1.165, 1.54) is 18.4 Å². The molecule has 1 N–H and O–H groups in total. The Kier molecular flexibility index (Phi) is 8.90. The summed E-state index contributed by atoms with van der Waals surface area (Å²) in [7, 11) is 0. The van der Waals surface area contributed by atoms with E-state index in [4.69, 9.17) is 0 Å². The van der Waals surface area contributed by atoms with Gasteiger partial charge in [-0.15, -0.1) is 0 Å². The van der Waals surface area contributed by atoms with Crippen LogP contribution in [-0.4, -0.2) is 28.8 Å². The number of nitrogens with one attached hydrogen (secondary N) is 1. The topological polar surface area (TPSA) is 49.4 Å². The maximum absolute atomic E-state index is 13.4. The van der Waals surface area contributed by atoms with Gasteiger partial charge in [0.05, 0.1) is 0 Å². The van der Waals surface area contributed by atoms with Crippen LogP contribution in [0.25, 0.3) is 0 Å². The van der Waals surface area contributed by atoms with Crippen molar-refractivity contribution in [3.63, 3.8) is 0 Å². The van der Waals surface area contributed by atoms with Crippen molar-refractivity contribution in [1.29, 1.82) is 0 Å². The molecule has 172 valence electrons. The van der Waals surface area contributed by atoms with Gasteiger partial charge in [0.2, 0.25) is 11.8 Å². The van der Waals surface area contributed by atoms with Gasteiger partial charge in [-0.1, -0.05) is 75.2 Å². The highest BCUT2D eigenvalue weighted by atomic mass is 16.2. The number of nitrogens with zero attached hydrogens (tertiary/aromatic N) is 1. The zero-order chi connectivity index (χ0) is 22.9. The lowest BCUT2D eigenvalue weighted by molar-refractivity contribution is -0.141. The minimum absolute atomic E-state index is 0.00590. The van der Waals surface area contributed by atoms with E-state index in [-0.39, 0.29) is 17.9 Å². The predicted octanol–water partition coefficient (Wildman–Crippen LogP) is 5.36. The Labute approximate surface area is 193 Å². The number of carbonyl (C=O) groups excluding carboxylic acids is 2. The summed E-state index contributed by atoms with van der Waals surface area (Å²) in [5.74, 6) is 0.0369. The molecule has 1 fully saturated rings. The molecule has 4 heteroatoms. The lowest BCUT2D eigenvalue weighted by Gasteiger charge is -2.32. The Bertz CT molecular complexity index is 885. The molecule has 0 radical (unpaired) electrons. The van der Waals surface area contributed by atoms with Crippen LogP contribution in [0.3, 0.4) is 0 Å². The van der Waals surface area contributed by atoms with Crippen LogP contribution < -0.4 is 5.32 Å². The van der Waals surface area contributed by atoms with E-state index in [1.807, 2.05) is 24.0 Å². The number of hydrogen-bond acceptors (Lipinski definition) is 2. The molecular formula is C28H38N2O2. The van der Waals surface area contributed by atoms with Crippen molar-refractivity contribution in [3.8, 4) is 0 Å². The highest BCUT2D eigenvalue weighted by molar-refractivity contribution is 5.88. The van der Waals surface area contributed by atoms with Crippen molar-refractivity contribution in [2.45, 2.75) is 90.8 Å². The summed E-state index contributed by atoms with van der Waals surface area (Å²) >= 11 is 0. The molecule has 32 heavy (non-hydrogen) atoms. The monoisotopic (exact) mass is 434 g/mol. The number of carbonyl (C=O) groups is 2. The molecule has 1 aliphatic carbocycles. The van der Waals surface area contributed by atoms with Crippen LogP contribution >= 0.6 is 0 Å². The average Bonchev–Trinajstić information content (AvgIpc) is 3.32. The molecule has 0 bridgehead atoms. The van der Waals surface area contributed by atoms with Crippen LogP contribution in [0.15, 0.2) is 48.5 Å². The molecule has 0 saturated heterocycles. The Morgan fingerprint density at radius 2 is 1.66 bits per heavy atom. The second kappa shape index (κ2) is 11.8. The molecule has 3 rings (SSSR count). The summed E-state index contributed by atoms with van der Waals surface area (Å²) in [6.07, 6.45) is 7.15. The Balaban J connectivity index is 1.75. The summed E-state index contributed by atoms with van der Waals surface area (Å²) in [5.41, 5.74) is 4.71. The van der Waals surface area contributed by atoms with Crippen molar-refractivity contribution in [2.75, 3.05) is 0 Å². The van der Waals surface area contributed by atoms with Gasteiger partial charge in [-0.2, -0.15) is 0 Å². The van der Waals surface area contributed by atoms with Crippen molar-refractivity contribution in [3.05, 3.63) is 70.8 Å². The van der Waals surface area contributed by atoms with Crippen LogP contribution in [-0.2, 0) is 29.0 Å². The number of aryl methyl sites for hydroxylation is 3. The standard InChI is InChI=1S/C28H38N2O2/c1-4-22-14-16-23(17-15-22)18-19-27(31)30(20-24-11-7-6-10-21(24)3)26(5-2)28(32)29-25-12-8-9-13-25/h6-7,10-11,14-17,25-26H,4-5,8-9,12-13,18-20H2,1-3H3,(H,29,32). The minimum atomic E-state index is -0.440. The van der Waals surface area contributed by atoms with E-state index in [1.54, 1.807) is 0 Å². The SMILES string of the molecule is CCc1ccc(CCC(=O)N(Cc2ccccc2C)C(CC)C(=O)NC2CCCC2)cc1. The van der Waals surface area contributed by atoms with Crippen LogP contribution in [0.2, 0.25) is 0 Å². The Morgan fingerprint density at radius 3 is 2.28 bits per heavy atom. The van der Waals surface area contributed by atoms with Gasteiger partial charge in [0.1, 0.15) is 6.04 Å². The molecular weight excluding hydrogens is 396 g/mol. The molecule has 0 aliphatic heterocycles. The van der Waals surface area contributed by atoms with Crippen LogP contribution in [0.4, 0.5) is 0 Å². The van der Waals surface area contributed by atoms with Crippen LogP contribution in [0, 0.1) is 6.92 Å². The summed E-state index contributed by atoms with van der Waals surface area (Å²) < 4.78 is 0. The molecule has 0 heterocycles. The third-order valence-corrected chi connectivity index (χ3v) is 6.75. The number of amides is 2. The Morgan fingerprint density at radius 1 is 1.00 bits per heavy atom. The van der Waals surface area contributed by atoms with Crippen LogP contribution in [0.1, 0.15) is 74.6 Å². The maximum atomic E-state index is 13.4. The zero-order valence-corrected chi connectivity index (χ0v) is 19.9. The molecule has 2 aromatic carbocycles. The zero-order valence-electron chi connectivity index (χ0n) is 19.9. The van der Waals surface area contributed by atoms with Gasteiger partial charge in [-0.05, 0) is 61.3 Å². The quantitative estimate of drug-likeness (QED) is 0.547. The first-order valence-electron chi connectivity index (χ1n) is 12.2. The fourth-order valence-electron chi connectivity index (χ4n) is 4.59. The molecule has 2 aromatic rings. The van der Waals surface area contributed by atoms with E-state index >= 15 is 0 Å². The first-order valence-corrected chi connectivity index (χ1v) is 12.2. The van der Waals surface area contributed by atoms with Crippen molar-refractivity contribution >= 4 is 11.8 Å². The molecule has 1 aliphatic rings. The van der Waals surface area contributed by atoms with Gasteiger partial charge < -0.3 is 10.2 Å². The minimum Gasteiger partial charge on any atom is -0.352 e. The van der Waals surface area contributed by atoms with E-state index < -0.39 is 6.04 Å². The fraction of sp³-hybridized carbons (Fsp3) is 0.500. The highest BCUT2D eigenvalue weighted by Crippen LogP contribution is 2.21. The maximum Gasteiger partial charge on any atom is 0.243 e. The molecule has 4 nitrogen and oxygen atoms in total. The number of benzene rings is 2. The average molecular weight is 435 g/mol. The van der Waals surface area contributed by atoms with Gasteiger partial charge in [0.25, 0.3) is 0 Å². The molecule has 1 saturated carbocycles. The van der Waals surface area contributed by atoms with Crippen molar-refractivity contribution < 1.29 is 9.59 Å². The van der Waals surface area contributed by atoms with Crippen molar-refractivity contribution in [1.82, 2.24) is 10.2 Å². The van der Waals surface area contributed by atoms with Crippen molar-refractivity contribution in [2.24, 2.45) is 0 Å². The molecule has 0 spiro atoms.